The second kappa shape index (κ2) is 8.99. The molecule has 1 aromatic heterocycles. The molecule has 2 amide bonds. The zero-order chi connectivity index (χ0) is 17.4. The first-order valence-corrected chi connectivity index (χ1v) is 8.00. The van der Waals surface area contributed by atoms with Gasteiger partial charge in [-0.2, -0.15) is 5.10 Å². The Hall–Kier alpha value is -2.29. The van der Waals surface area contributed by atoms with Crippen molar-refractivity contribution in [3.63, 3.8) is 0 Å². The van der Waals surface area contributed by atoms with Crippen molar-refractivity contribution in [3.05, 3.63) is 18.0 Å². The minimum Gasteiger partial charge on any atom is -0.494 e. The van der Waals surface area contributed by atoms with Gasteiger partial charge in [0.25, 0.3) is 0 Å². The van der Waals surface area contributed by atoms with Gasteiger partial charge in [-0.25, -0.2) is 15.2 Å². The number of anilines is 1. The standard InChI is InChI=1S/C14H20N4O4S/c1-8(2)22-14(20)16-10-6-11(21-4)12(15-7-10)13(23-5)18-17-9(3)19/h6-8H,1-5H3,(H,16,20)(H,17,19)/b18-13-. The maximum Gasteiger partial charge on any atom is 0.411 e. The van der Waals surface area contributed by atoms with E-state index in [1.807, 2.05) is 0 Å². The highest BCUT2D eigenvalue weighted by molar-refractivity contribution is 8.13. The number of hydrogen-bond donors (Lipinski definition) is 2. The molecule has 0 unspecified atom stereocenters. The van der Waals surface area contributed by atoms with Crippen molar-refractivity contribution in [1.82, 2.24) is 10.4 Å². The number of thioether (sulfide) groups is 1. The second-order valence-corrected chi connectivity index (χ2v) is 5.44. The van der Waals surface area contributed by atoms with Gasteiger partial charge in [0.2, 0.25) is 5.91 Å². The highest BCUT2D eigenvalue weighted by atomic mass is 32.2. The fourth-order valence-corrected chi connectivity index (χ4v) is 2.00. The van der Waals surface area contributed by atoms with Crippen molar-refractivity contribution in [1.29, 1.82) is 0 Å². The van der Waals surface area contributed by atoms with Gasteiger partial charge in [0.1, 0.15) is 16.5 Å². The molecular formula is C14H20N4O4S. The van der Waals surface area contributed by atoms with Gasteiger partial charge < -0.3 is 9.47 Å². The topological polar surface area (TPSA) is 102 Å². The van der Waals surface area contributed by atoms with E-state index in [0.29, 0.717) is 22.2 Å². The van der Waals surface area contributed by atoms with Crippen molar-refractivity contribution in [3.8, 4) is 5.75 Å². The van der Waals surface area contributed by atoms with Crippen LogP contribution in [0.2, 0.25) is 0 Å². The van der Waals surface area contributed by atoms with Crippen molar-refractivity contribution in [2.45, 2.75) is 26.9 Å². The molecule has 2 N–H and O–H groups in total. The number of amides is 2. The summed E-state index contributed by atoms with van der Waals surface area (Å²) in [6.07, 6.45) is 2.46. The summed E-state index contributed by atoms with van der Waals surface area (Å²) in [5.74, 6) is 0.121. The summed E-state index contributed by atoms with van der Waals surface area (Å²) in [6.45, 7) is 4.87. The SMILES string of the molecule is COc1cc(NC(=O)OC(C)C)cnc1/C(=N/NC(C)=O)SC. The molecule has 23 heavy (non-hydrogen) atoms. The summed E-state index contributed by atoms with van der Waals surface area (Å²) < 4.78 is 10.3. The van der Waals surface area contributed by atoms with Crippen molar-refractivity contribution < 1.29 is 19.1 Å². The van der Waals surface area contributed by atoms with Gasteiger partial charge in [0.05, 0.1) is 25.1 Å². The molecule has 0 saturated carbocycles. The Labute approximate surface area is 139 Å². The van der Waals surface area contributed by atoms with Crippen LogP contribution in [-0.2, 0) is 9.53 Å². The molecule has 9 heteroatoms. The van der Waals surface area contributed by atoms with Crippen LogP contribution < -0.4 is 15.5 Å². The molecule has 0 aliphatic rings. The Morgan fingerprint density at radius 3 is 2.61 bits per heavy atom. The molecule has 0 aromatic carbocycles. The summed E-state index contributed by atoms with van der Waals surface area (Å²) in [5, 5.41) is 7.02. The third kappa shape index (κ3) is 6.15. The molecule has 1 rings (SSSR count). The zero-order valence-corrected chi connectivity index (χ0v) is 14.5. The fraction of sp³-hybridized carbons (Fsp3) is 0.429. The Kier molecular flexibility index (Phi) is 7.33. The van der Waals surface area contributed by atoms with Crippen molar-refractivity contribution >= 4 is 34.5 Å². The number of methoxy groups -OCH3 is 1. The number of carbonyl (C=O) groups excluding carboxylic acids is 2. The van der Waals surface area contributed by atoms with Crippen LogP contribution in [0.15, 0.2) is 17.4 Å². The number of rotatable bonds is 5. The van der Waals surface area contributed by atoms with Gasteiger partial charge in [0, 0.05) is 13.0 Å². The molecule has 0 aliphatic carbocycles. The number of pyridine rings is 1. The molecule has 0 saturated heterocycles. The first kappa shape index (κ1) is 18.8. The lowest BCUT2D eigenvalue weighted by Gasteiger charge is -2.12. The number of ether oxygens (including phenoxy) is 2. The highest BCUT2D eigenvalue weighted by Gasteiger charge is 2.14. The zero-order valence-electron chi connectivity index (χ0n) is 13.7. The van der Waals surface area contributed by atoms with E-state index in [1.54, 1.807) is 26.2 Å². The molecule has 1 aromatic rings. The van der Waals surface area contributed by atoms with E-state index in [-0.39, 0.29) is 12.0 Å². The number of nitrogens with one attached hydrogen (secondary N) is 2. The molecule has 0 spiro atoms. The lowest BCUT2D eigenvalue weighted by Crippen LogP contribution is -2.19. The third-order valence-electron chi connectivity index (χ3n) is 2.37. The Morgan fingerprint density at radius 2 is 2.09 bits per heavy atom. The van der Waals surface area contributed by atoms with Gasteiger partial charge in [-0.3, -0.25) is 10.1 Å². The second-order valence-electron chi connectivity index (χ2n) is 4.64. The summed E-state index contributed by atoms with van der Waals surface area (Å²) in [6, 6.07) is 1.60. The number of hydrazone groups is 1. The lowest BCUT2D eigenvalue weighted by molar-refractivity contribution is -0.118. The van der Waals surface area contributed by atoms with E-state index in [4.69, 9.17) is 9.47 Å². The van der Waals surface area contributed by atoms with E-state index in [9.17, 15) is 9.59 Å². The van der Waals surface area contributed by atoms with Crippen LogP contribution in [0.4, 0.5) is 10.5 Å². The Bertz CT molecular complexity index is 604. The van der Waals surface area contributed by atoms with E-state index in [2.05, 4.69) is 20.8 Å². The molecule has 1 heterocycles. The molecule has 0 bridgehead atoms. The minimum absolute atomic E-state index is 0.225. The number of hydrogen-bond acceptors (Lipinski definition) is 7. The number of aromatic nitrogens is 1. The van der Waals surface area contributed by atoms with Crippen LogP contribution in [0.5, 0.6) is 5.75 Å². The van der Waals surface area contributed by atoms with Crippen molar-refractivity contribution in [2.24, 2.45) is 5.10 Å². The molecule has 126 valence electrons. The average Bonchev–Trinajstić information content (AvgIpc) is 2.47. The minimum atomic E-state index is -0.575. The maximum atomic E-state index is 11.6. The van der Waals surface area contributed by atoms with Crippen LogP contribution in [-0.4, -0.2) is 41.5 Å². The predicted molar refractivity (Wildman–Crippen MR) is 89.9 cm³/mol. The van der Waals surface area contributed by atoms with Gasteiger partial charge in [-0.15, -0.1) is 11.8 Å². The summed E-state index contributed by atoms with van der Waals surface area (Å²) in [4.78, 5) is 26.8. The van der Waals surface area contributed by atoms with E-state index < -0.39 is 6.09 Å². The van der Waals surface area contributed by atoms with E-state index in [1.165, 1.54) is 32.0 Å². The van der Waals surface area contributed by atoms with Crippen molar-refractivity contribution in [2.75, 3.05) is 18.7 Å². The average molecular weight is 340 g/mol. The predicted octanol–water partition coefficient (Wildman–Crippen LogP) is 2.21. The summed E-state index contributed by atoms with van der Waals surface area (Å²) in [5.41, 5.74) is 3.24. The smallest absolute Gasteiger partial charge is 0.411 e. The Balaban J connectivity index is 3.01. The summed E-state index contributed by atoms with van der Waals surface area (Å²) in [7, 11) is 1.48. The van der Waals surface area contributed by atoms with Gasteiger partial charge in [0.15, 0.2) is 0 Å². The maximum absolute atomic E-state index is 11.6. The van der Waals surface area contributed by atoms with E-state index in [0.717, 1.165) is 0 Å². The lowest BCUT2D eigenvalue weighted by atomic mass is 10.3. The van der Waals surface area contributed by atoms with Gasteiger partial charge in [-0.05, 0) is 20.1 Å². The van der Waals surface area contributed by atoms with Gasteiger partial charge in [-0.1, -0.05) is 0 Å². The normalized spacial score (nSPS) is 11.1. The van der Waals surface area contributed by atoms with E-state index >= 15 is 0 Å². The first-order chi connectivity index (χ1) is 10.9. The largest absolute Gasteiger partial charge is 0.494 e. The third-order valence-corrected chi connectivity index (χ3v) is 3.04. The fourth-order valence-electron chi connectivity index (χ4n) is 1.52. The molecule has 0 radical (unpaired) electrons. The van der Waals surface area contributed by atoms with Crippen LogP contribution in [0.1, 0.15) is 26.5 Å². The number of carbonyl (C=O) groups is 2. The monoisotopic (exact) mass is 340 g/mol. The van der Waals surface area contributed by atoms with Gasteiger partial charge >= 0.3 is 6.09 Å². The Morgan fingerprint density at radius 1 is 1.39 bits per heavy atom. The number of nitrogens with zero attached hydrogens (tertiary/aromatic N) is 2. The molecular weight excluding hydrogens is 320 g/mol. The molecule has 0 atom stereocenters. The van der Waals surface area contributed by atoms with Crippen LogP contribution in [0, 0.1) is 0 Å². The molecule has 8 nitrogen and oxygen atoms in total. The first-order valence-electron chi connectivity index (χ1n) is 6.77. The highest BCUT2D eigenvalue weighted by Crippen LogP contribution is 2.24. The van der Waals surface area contributed by atoms with Crippen LogP contribution in [0.3, 0.4) is 0 Å². The quantitative estimate of drug-likeness (QED) is 0.484. The van der Waals surface area contributed by atoms with Crippen LogP contribution >= 0.6 is 11.8 Å². The summed E-state index contributed by atoms with van der Waals surface area (Å²) >= 11 is 1.30. The molecule has 0 aliphatic heterocycles. The van der Waals surface area contributed by atoms with Crippen LogP contribution in [0.25, 0.3) is 0 Å². The molecule has 0 fully saturated rings.